The highest BCUT2D eigenvalue weighted by Gasteiger charge is 2.65. The van der Waals surface area contributed by atoms with Crippen molar-refractivity contribution in [3.8, 4) is 46.0 Å². The van der Waals surface area contributed by atoms with Crippen LogP contribution in [0.4, 0.5) is 0 Å². The second kappa shape index (κ2) is 7.97. The predicted molar refractivity (Wildman–Crippen MR) is 136 cm³/mol. The lowest BCUT2D eigenvalue weighted by atomic mass is 9.79. The highest BCUT2D eigenvalue weighted by atomic mass is 16.6. The van der Waals surface area contributed by atoms with Gasteiger partial charge >= 0.3 is 0 Å². The van der Waals surface area contributed by atoms with Crippen molar-refractivity contribution in [3.63, 3.8) is 0 Å². The van der Waals surface area contributed by atoms with Gasteiger partial charge in [0.25, 0.3) is 0 Å². The predicted octanol–water partition coefficient (Wildman–Crippen LogP) is 4.89. The highest BCUT2D eigenvalue weighted by molar-refractivity contribution is 6.12. The van der Waals surface area contributed by atoms with E-state index in [2.05, 4.69) is 0 Å². The zero-order valence-corrected chi connectivity index (χ0v) is 20.3. The van der Waals surface area contributed by atoms with Gasteiger partial charge in [0, 0.05) is 23.8 Å². The molecule has 0 aromatic heterocycles. The van der Waals surface area contributed by atoms with Crippen LogP contribution in [-0.4, -0.2) is 31.3 Å². The Kier molecular flexibility index (Phi) is 4.72. The zero-order chi connectivity index (χ0) is 27.1. The van der Waals surface area contributed by atoms with E-state index in [-0.39, 0.29) is 51.4 Å². The fourth-order valence-electron chi connectivity index (χ4n) is 5.81. The summed E-state index contributed by atoms with van der Waals surface area (Å²) in [7, 11) is 0. The van der Waals surface area contributed by atoms with Crippen molar-refractivity contribution in [2.45, 2.75) is 30.7 Å². The molecule has 3 aliphatic rings. The molecule has 9 heteroatoms. The minimum atomic E-state index is -1.87. The van der Waals surface area contributed by atoms with Crippen molar-refractivity contribution in [1.82, 2.24) is 0 Å². The van der Waals surface area contributed by atoms with E-state index >= 15 is 0 Å². The molecule has 1 spiro atoms. The molecular weight excluding hydrogens is 504 g/mol. The lowest BCUT2D eigenvalue weighted by Crippen LogP contribution is -2.42. The van der Waals surface area contributed by atoms with Gasteiger partial charge in [0.15, 0.2) is 6.10 Å². The van der Waals surface area contributed by atoms with Gasteiger partial charge in [-0.15, -0.1) is 0 Å². The number of carbonyl (C=O) groups excluding carboxylic acids is 1. The quantitative estimate of drug-likeness (QED) is 0.246. The Balaban J connectivity index is 1.45. The number of benzene rings is 4. The van der Waals surface area contributed by atoms with E-state index in [0.717, 1.165) is 11.6 Å². The number of phenols is 5. The first-order valence-corrected chi connectivity index (χ1v) is 12.4. The molecule has 7 rings (SSSR count). The van der Waals surface area contributed by atoms with Crippen LogP contribution in [0.25, 0.3) is 0 Å². The van der Waals surface area contributed by atoms with E-state index in [1.807, 2.05) is 0 Å². The second-order valence-electron chi connectivity index (χ2n) is 9.91. The summed E-state index contributed by atoms with van der Waals surface area (Å²) in [5.74, 6) is -0.876. The summed E-state index contributed by atoms with van der Waals surface area (Å²) in [6.45, 7) is 0. The van der Waals surface area contributed by atoms with Gasteiger partial charge < -0.3 is 39.7 Å². The number of fused-ring (bicyclic) bond motifs is 5. The third-order valence-corrected chi connectivity index (χ3v) is 7.59. The van der Waals surface area contributed by atoms with Crippen molar-refractivity contribution in [2.75, 3.05) is 0 Å². The van der Waals surface area contributed by atoms with Crippen LogP contribution >= 0.6 is 0 Å². The van der Waals surface area contributed by atoms with Crippen LogP contribution in [0.2, 0.25) is 0 Å². The molecule has 196 valence electrons. The maximum Gasteiger partial charge on any atom is 0.244 e. The van der Waals surface area contributed by atoms with E-state index in [0.29, 0.717) is 24.0 Å². The summed E-state index contributed by atoms with van der Waals surface area (Å²) in [6.07, 6.45) is -0.584. The van der Waals surface area contributed by atoms with E-state index < -0.39 is 29.3 Å². The summed E-state index contributed by atoms with van der Waals surface area (Å²) in [4.78, 5) is 14.3. The van der Waals surface area contributed by atoms with Gasteiger partial charge in [-0.2, -0.15) is 0 Å². The van der Waals surface area contributed by atoms with Crippen LogP contribution < -0.4 is 14.2 Å². The molecule has 3 unspecified atom stereocenters. The Bertz CT molecular complexity index is 1660. The number of rotatable bonds is 2. The van der Waals surface area contributed by atoms with Crippen LogP contribution in [0.15, 0.2) is 66.7 Å². The fraction of sp³-hybridized carbons (Fsp3) is 0.167. The monoisotopic (exact) mass is 526 g/mol. The van der Waals surface area contributed by atoms with Crippen molar-refractivity contribution in [3.05, 3.63) is 94.5 Å². The lowest BCUT2D eigenvalue weighted by Gasteiger charge is -2.33. The fourth-order valence-corrected chi connectivity index (χ4v) is 5.81. The van der Waals surface area contributed by atoms with Crippen LogP contribution in [0.1, 0.15) is 51.2 Å². The highest BCUT2D eigenvalue weighted by Crippen LogP contribution is 2.63. The summed E-state index contributed by atoms with van der Waals surface area (Å²) < 4.78 is 19.1. The standard InChI is InChI=1S/C30H22O9/c31-16-5-1-14(2-6-16)22-10-9-19-20(34)13-24-26(27(19)37-22)30(29(38-24)15-3-7-17(32)8-4-15)28(36)25-21(35)11-18(33)12-23(25)39-30/h1-8,11-13,22,29,31-35H,9-10H2. The molecule has 3 heterocycles. The Hall–Kier alpha value is -5.05. The topological polar surface area (TPSA) is 146 Å². The number of ether oxygens (including phenoxy) is 3. The molecule has 0 bridgehead atoms. The number of aromatic hydroxyl groups is 5. The van der Waals surface area contributed by atoms with Gasteiger partial charge in [0.05, 0.1) is 5.56 Å². The zero-order valence-electron chi connectivity index (χ0n) is 20.3. The Morgan fingerprint density at radius 2 is 1.38 bits per heavy atom. The number of carbonyl (C=O) groups is 1. The summed E-state index contributed by atoms with van der Waals surface area (Å²) in [5, 5.41) is 51.3. The molecule has 0 fully saturated rings. The SMILES string of the molecule is O=C1c2c(O)cc(O)cc2OC12c1c(cc(O)c3c1OC(c1ccc(O)cc1)CC3)OC2c1ccc(O)cc1. The van der Waals surface area contributed by atoms with Crippen molar-refractivity contribution in [1.29, 1.82) is 0 Å². The third-order valence-electron chi connectivity index (χ3n) is 7.59. The minimum Gasteiger partial charge on any atom is -0.508 e. The Morgan fingerprint density at radius 3 is 2.08 bits per heavy atom. The normalized spacial score (nSPS) is 22.4. The molecule has 4 aromatic carbocycles. The molecule has 39 heavy (non-hydrogen) atoms. The molecule has 0 radical (unpaired) electrons. The lowest BCUT2D eigenvalue weighted by molar-refractivity contribution is 0.00506. The molecule has 0 saturated carbocycles. The molecule has 0 aliphatic carbocycles. The second-order valence-corrected chi connectivity index (χ2v) is 9.91. The first kappa shape index (κ1) is 23.1. The van der Waals surface area contributed by atoms with Gasteiger partial charge in [0.2, 0.25) is 11.4 Å². The van der Waals surface area contributed by atoms with E-state index in [4.69, 9.17) is 14.2 Å². The van der Waals surface area contributed by atoms with Crippen LogP contribution in [0.5, 0.6) is 46.0 Å². The number of phenolic OH excluding ortho intramolecular Hbond substituents is 5. The molecule has 0 amide bonds. The summed E-state index contributed by atoms with van der Waals surface area (Å²) in [6, 6.07) is 16.4. The summed E-state index contributed by atoms with van der Waals surface area (Å²) in [5.41, 5.74) is 0.0560. The first-order valence-electron chi connectivity index (χ1n) is 12.4. The average Bonchev–Trinajstić information content (AvgIpc) is 3.39. The molecule has 5 N–H and O–H groups in total. The Labute approximate surface area is 221 Å². The first-order chi connectivity index (χ1) is 18.8. The molecule has 9 nitrogen and oxygen atoms in total. The van der Waals surface area contributed by atoms with E-state index in [1.54, 1.807) is 36.4 Å². The maximum atomic E-state index is 14.3. The molecule has 3 atom stereocenters. The number of hydrogen-bond donors (Lipinski definition) is 5. The van der Waals surface area contributed by atoms with Gasteiger partial charge in [-0.05, 0) is 48.2 Å². The van der Waals surface area contributed by atoms with Gasteiger partial charge in [0.1, 0.15) is 57.7 Å². The van der Waals surface area contributed by atoms with Crippen LogP contribution in [0, 0.1) is 0 Å². The third kappa shape index (κ3) is 3.22. The van der Waals surface area contributed by atoms with Crippen molar-refractivity contribution in [2.24, 2.45) is 0 Å². The number of hydrogen-bond acceptors (Lipinski definition) is 9. The number of Topliss-reactive ketones (excluding diaryl/α,β-unsaturated/α-hetero) is 1. The van der Waals surface area contributed by atoms with Crippen LogP contribution in [-0.2, 0) is 12.0 Å². The summed E-state index contributed by atoms with van der Waals surface area (Å²) >= 11 is 0. The van der Waals surface area contributed by atoms with E-state index in [9.17, 15) is 30.3 Å². The smallest absolute Gasteiger partial charge is 0.244 e. The molecule has 0 saturated heterocycles. The van der Waals surface area contributed by atoms with Crippen molar-refractivity contribution >= 4 is 5.78 Å². The maximum absolute atomic E-state index is 14.3. The molecule has 3 aliphatic heterocycles. The van der Waals surface area contributed by atoms with Crippen molar-refractivity contribution < 1.29 is 44.5 Å². The molecule has 4 aromatic rings. The van der Waals surface area contributed by atoms with Gasteiger partial charge in [-0.3, -0.25) is 4.79 Å². The largest absolute Gasteiger partial charge is 0.508 e. The van der Waals surface area contributed by atoms with Gasteiger partial charge in [-0.25, -0.2) is 0 Å². The average molecular weight is 526 g/mol. The Morgan fingerprint density at radius 1 is 0.718 bits per heavy atom. The molecular formula is C30H22O9. The van der Waals surface area contributed by atoms with Gasteiger partial charge in [-0.1, -0.05) is 24.3 Å². The van der Waals surface area contributed by atoms with Crippen LogP contribution in [0.3, 0.4) is 0 Å². The minimum absolute atomic E-state index is 0.0166. The van der Waals surface area contributed by atoms with E-state index in [1.165, 1.54) is 24.3 Å². The number of ketones is 1.